The summed E-state index contributed by atoms with van der Waals surface area (Å²) in [6.07, 6.45) is 0. The number of hydrogen-bond donors (Lipinski definition) is 1. The van der Waals surface area contributed by atoms with Gasteiger partial charge in [-0.1, -0.05) is 48.5 Å². The smallest absolute Gasteiger partial charge is 0.343 e. The predicted molar refractivity (Wildman–Crippen MR) is 84.8 cm³/mol. The summed E-state index contributed by atoms with van der Waals surface area (Å²) < 4.78 is 6.41. The molecule has 0 saturated heterocycles. The predicted octanol–water partition coefficient (Wildman–Crippen LogP) is 2.91. The second-order valence-electron chi connectivity index (χ2n) is 4.71. The van der Waals surface area contributed by atoms with Gasteiger partial charge in [-0.15, -0.1) is 0 Å². The van der Waals surface area contributed by atoms with Crippen LogP contribution in [0.2, 0.25) is 0 Å². The van der Waals surface area contributed by atoms with Gasteiger partial charge in [0.05, 0.1) is 12.8 Å². The van der Waals surface area contributed by atoms with Gasteiger partial charge >= 0.3 is 5.97 Å². The summed E-state index contributed by atoms with van der Waals surface area (Å²) in [6, 6.07) is 18.8. The van der Waals surface area contributed by atoms with Crippen LogP contribution in [0.4, 0.5) is 5.82 Å². The molecule has 2 aromatic carbocycles. The van der Waals surface area contributed by atoms with Crippen molar-refractivity contribution in [1.29, 1.82) is 0 Å². The maximum atomic E-state index is 12.1. The van der Waals surface area contributed by atoms with E-state index < -0.39 is 5.97 Å². The van der Waals surface area contributed by atoms with E-state index in [4.69, 9.17) is 10.5 Å². The molecule has 0 atom stereocenters. The van der Waals surface area contributed by atoms with Crippen molar-refractivity contribution < 1.29 is 9.53 Å². The molecule has 3 rings (SSSR count). The number of nitrogens with zero attached hydrogens (tertiary/aromatic N) is 2. The summed E-state index contributed by atoms with van der Waals surface area (Å²) >= 11 is 0. The van der Waals surface area contributed by atoms with Crippen molar-refractivity contribution in [3.63, 3.8) is 0 Å². The molecular weight excluding hydrogens is 278 g/mol. The van der Waals surface area contributed by atoms with Crippen LogP contribution in [0.3, 0.4) is 0 Å². The number of para-hydroxylation sites is 1. The molecule has 0 saturated carbocycles. The number of nitrogen functional groups attached to an aromatic ring is 1. The molecule has 3 aromatic rings. The summed E-state index contributed by atoms with van der Waals surface area (Å²) in [6.45, 7) is 0. The van der Waals surface area contributed by atoms with Crippen molar-refractivity contribution in [2.75, 3.05) is 12.8 Å². The van der Waals surface area contributed by atoms with Crippen LogP contribution >= 0.6 is 0 Å². The van der Waals surface area contributed by atoms with Crippen molar-refractivity contribution in [2.24, 2.45) is 0 Å². The molecule has 0 bridgehead atoms. The number of anilines is 1. The van der Waals surface area contributed by atoms with Crippen LogP contribution in [0.15, 0.2) is 60.7 Å². The summed E-state index contributed by atoms with van der Waals surface area (Å²) in [5.74, 6) is -0.240. The number of aromatic nitrogens is 2. The van der Waals surface area contributed by atoms with E-state index in [1.165, 1.54) is 7.11 Å². The Hall–Kier alpha value is -3.08. The number of hydrogen-bond acceptors (Lipinski definition) is 4. The Balaban J connectivity index is 2.23. The van der Waals surface area contributed by atoms with Gasteiger partial charge < -0.3 is 10.5 Å². The van der Waals surface area contributed by atoms with Crippen LogP contribution in [-0.4, -0.2) is 22.9 Å². The summed E-state index contributed by atoms with van der Waals surface area (Å²) in [5, 5.41) is 4.51. The van der Waals surface area contributed by atoms with Gasteiger partial charge in [0.1, 0.15) is 17.1 Å². The quantitative estimate of drug-likeness (QED) is 0.754. The number of benzene rings is 2. The second kappa shape index (κ2) is 5.73. The minimum Gasteiger partial charge on any atom is -0.465 e. The molecule has 0 radical (unpaired) electrons. The van der Waals surface area contributed by atoms with Crippen LogP contribution in [0, 0.1) is 0 Å². The molecule has 0 aliphatic rings. The van der Waals surface area contributed by atoms with Gasteiger partial charge in [-0.2, -0.15) is 5.10 Å². The van der Waals surface area contributed by atoms with E-state index in [1.54, 1.807) is 4.68 Å². The van der Waals surface area contributed by atoms with Gasteiger partial charge in [-0.05, 0) is 12.1 Å². The van der Waals surface area contributed by atoms with E-state index in [1.807, 2.05) is 60.7 Å². The Morgan fingerprint density at radius 2 is 1.64 bits per heavy atom. The molecule has 0 unspecified atom stereocenters. The van der Waals surface area contributed by atoms with Crippen molar-refractivity contribution in [1.82, 2.24) is 9.78 Å². The first-order valence-corrected chi connectivity index (χ1v) is 6.80. The zero-order chi connectivity index (χ0) is 15.5. The van der Waals surface area contributed by atoms with Crippen LogP contribution < -0.4 is 5.73 Å². The van der Waals surface area contributed by atoms with Crippen molar-refractivity contribution in [2.45, 2.75) is 0 Å². The Morgan fingerprint density at radius 1 is 1.05 bits per heavy atom. The van der Waals surface area contributed by atoms with Crippen LogP contribution in [0.25, 0.3) is 16.9 Å². The van der Waals surface area contributed by atoms with Gasteiger partial charge in [0.25, 0.3) is 0 Å². The lowest BCUT2D eigenvalue weighted by atomic mass is 10.1. The maximum absolute atomic E-state index is 12.1. The highest BCUT2D eigenvalue weighted by Crippen LogP contribution is 2.29. The lowest BCUT2D eigenvalue weighted by molar-refractivity contribution is 0.0603. The molecule has 5 nitrogen and oxygen atoms in total. The first-order valence-electron chi connectivity index (χ1n) is 6.80. The van der Waals surface area contributed by atoms with E-state index in [0.717, 1.165) is 11.3 Å². The highest BCUT2D eigenvalue weighted by atomic mass is 16.5. The Bertz CT molecular complexity index is 796. The Labute approximate surface area is 127 Å². The number of ether oxygens (including phenoxy) is 1. The highest BCUT2D eigenvalue weighted by Gasteiger charge is 2.24. The van der Waals surface area contributed by atoms with Gasteiger partial charge in [0.15, 0.2) is 0 Å². The fourth-order valence-electron chi connectivity index (χ4n) is 2.30. The largest absolute Gasteiger partial charge is 0.465 e. The first kappa shape index (κ1) is 13.9. The standard InChI is InChI=1S/C17H15N3O2/c1-22-17(21)14-15(12-8-4-2-5-9-12)19-20(16(14)18)13-10-6-3-7-11-13/h2-11H,18H2,1H3. The first-order chi connectivity index (χ1) is 10.7. The van der Waals surface area contributed by atoms with Crippen LogP contribution in [-0.2, 0) is 4.74 Å². The number of methoxy groups -OCH3 is 1. The third-order valence-electron chi connectivity index (χ3n) is 3.36. The molecule has 1 aromatic heterocycles. The molecule has 0 aliphatic heterocycles. The van der Waals surface area contributed by atoms with Crippen LogP contribution in [0.5, 0.6) is 0 Å². The van der Waals surface area contributed by atoms with Gasteiger partial charge in [-0.25, -0.2) is 9.48 Å². The second-order valence-corrected chi connectivity index (χ2v) is 4.71. The van der Waals surface area contributed by atoms with E-state index in [-0.39, 0.29) is 11.4 Å². The normalized spacial score (nSPS) is 10.4. The van der Waals surface area contributed by atoms with Gasteiger partial charge in [-0.3, -0.25) is 0 Å². The lowest BCUT2D eigenvalue weighted by Crippen LogP contribution is -2.07. The molecule has 0 spiro atoms. The number of nitrogens with two attached hydrogens (primary N) is 1. The molecule has 5 heteroatoms. The summed E-state index contributed by atoms with van der Waals surface area (Å²) in [4.78, 5) is 12.1. The lowest BCUT2D eigenvalue weighted by Gasteiger charge is -2.03. The van der Waals surface area contributed by atoms with E-state index in [0.29, 0.717) is 5.69 Å². The molecular formula is C17H15N3O2. The van der Waals surface area contributed by atoms with Gasteiger partial charge in [0.2, 0.25) is 0 Å². The SMILES string of the molecule is COC(=O)c1c(-c2ccccc2)nn(-c2ccccc2)c1N. The molecule has 22 heavy (non-hydrogen) atoms. The average Bonchev–Trinajstić information content (AvgIpc) is 2.93. The average molecular weight is 293 g/mol. The monoisotopic (exact) mass is 293 g/mol. The molecule has 110 valence electrons. The fourth-order valence-corrected chi connectivity index (χ4v) is 2.30. The number of rotatable bonds is 3. The minimum atomic E-state index is -0.501. The molecule has 1 heterocycles. The van der Waals surface area contributed by atoms with Crippen LogP contribution in [0.1, 0.15) is 10.4 Å². The van der Waals surface area contributed by atoms with Crippen molar-refractivity contribution in [3.05, 3.63) is 66.2 Å². The fraction of sp³-hybridized carbons (Fsp3) is 0.0588. The van der Waals surface area contributed by atoms with E-state index >= 15 is 0 Å². The summed E-state index contributed by atoms with van der Waals surface area (Å²) in [5.41, 5.74) is 8.53. The number of esters is 1. The Morgan fingerprint density at radius 3 is 2.23 bits per heavy atom. The third kappa shape index (κ3) is 2.33. The molecule has 2 N–H and O–H groups in total. The highest BCUT2D eigenvalue weighted by molar-refractivity contribution is 6.01. The molecule has 0 amide bonds. The zero-order valence-electron chi connectivity index (χ0n) is 12.1. The number of carbonyl (C=O) groups excluding carboxylic acids is 1. The maximum Gasteiger partial charge on any atom is 0.343 e. The van der Waals surface area contributed by atoms with E-state index in [2.05, 4.69) is 5.10 Å². The Kier molecular flexibility index (Phi) is 3.62. The molecule has 0 fully saturated rings. The van der Waals surface area contributed by atoms with Crippen molar-refractivity contribution in [3.8, 4) is 16.9 Å². The van der Waals surface area contributed by atoms with Gasteiger partial charge in [0, 0.05) is 5.56 Å². The van der Waals surface area contributed by atoms with E-state index in [9.17, 15) is 4.79 Å². The summed E-state index contributed by atoms with van der Waals surface area (Å²) in [7, 11) is 1.33. The van der Waals surface area contributed by atoms with Crippen molar-refractivity contribution >= 4 is 11.8 Å². The number of carbonyl (C=O) groups is 1. The zero-order valence-corrected chi connectivity index (χ0v) is 12.1. The third-order valence-corrected chi connectivity index (χ3v) is 3.36. The molecule has 0 aliphatic carbocycles. The minimum absolute atomic E-state index is 0.261. The topological polar surface area (TPSA) is 70.1 Å².